The molecule has 1 saturated carbocycles. The van der Waals surface area contributed by atoms with Crippen LogP contribution in [0.5, 0.6) is 0 Å². The van der Waals surface area contributed by atoms with Crippen LogP contribution in [0.25, 0.3) is 11.4 Å². The molecule has 0 atom stereocenters. The van der Waals surface area contributed by atoms with Crippen molar-refractivity contribution >= 4 is 39.6 Å². The van der Waals surface area contributed by atoms with Crippen molar-refractivity contribution in [2.24, 2.45) is 0 Å². The average molecular weight is 496 g/mol. The second-order valence-electron chi connectivity index (χ2n) is 6.98. The van der Waals surface area contributed by atoms with Crippen LogP contribution in [-0.2, 0) is 19.1 Å². The van der Waals surface area contributed by atoms with Gasteiger partial charge in [0.1, 0.15) is 0 Å². The van der Waals surface area contributed by atoms with E-state index < -0.39 is 17.2 Å². The molecule has 9 heteroatoms. The molecule has 0 unspecified atom stereocenters. The maximum atomic E-state index is 12.5. The summed E-state index contributed by atoms with van der Waals surface area (Å²) in [5, 5.41) is 8.19. The van der Waals surface area contributed by atoms with Crippen molar-refractivity contribution in [3.05, 3.63) is 28.7 Å². The Hall–Kier alpha value is -1.87. The highest BCUT2D eigenvalue weighted by molar-refractivity contribution is 9.10. The first-order valence-electron chi connectivity index (χ1n) is 10.3. The summed E-state index contributed by atoms with van der Waals surface area (Å²) in [6.07, 6.45) is 5.50. The highest BCUT2D eigenvalue weighted by Gasteiger charge is 2.34. The molecule has 1 aromatic heterocycles. The van der Waals surface area contributed by atoms with Gasteiger partial charge in [0.05, 0.1) is 13.2 Å². The Labute approximate surface area is 189 Å². The summed E-state index contributed by atoms with van der Waals surface area (Å²) >= 11 is 4.52. The quantitative estimate of drug-likeness (QED) is 0.295. The van der Waals surface area contributed by atoms with Crippen molar-refractivity contribution in [2.45, 2.75) is 62.4 Å². The first kappa shape index (κ1) is 22.8. The minimum absolute atomic E-state index is 0.189. The number of hydrogen-bond acceptors (Lipinski definition) is 7. The number of halogens is 1. The Balaban J connectivity index is 1.98. The molecule has 1 heterocycles. The highest BCUT2D eigenvalue weighted by atomic mass is 79.9. The summed E-state index contributed by atoms with van der Waals surface area (Å²) < 4.78 is 13.3. The van der Waals surface area contributed by atoms with Gasteiger partial charge in [-0.25, -0.2) is 0 Å². The molecule has 0 bridgehead atoms. The molecule has 0 radical (unpaired) electrons. The van der Waals surface area contributed by atoms with Crippen LogP contribution < -0.4 is 0 Å². The largest absolute Gasteiger partial charge is 0.465 e. The van der Waals surface area contributed by atoms with E-state index in [1.54, 1.807) is 13.8 Å². The molecule has 3 rings (SSSR count). The van der Waals surface area contributed by atoms with Gasteiger partial charge in [-0.3, -0.25) is 14.2 Å². The van der Waals surface area contributed by atoms with Gasteiger partial charge in [-0.2, -0.15) is 0 Å². The summed E-state index contributed by atoms with van der Waals surface area (Å²) in [7, 11) is 0. The second-order valence-corrected chi connectivity index (χ2v) is 8.96. The van der Waals surface area contributed by atoms with Crippen molar-refractivity contribution in [3.8, 4) is 11.4 Å². The van der Waals surface area contributed by atoms with Crippen LogP contribution in [0, 0.1) is 0 Å². The molecule has 0 spiro atoms. The third kappa shape index (κ3) is 5.43. The molecule has 0 aliphatic heterocycles. The molecule has 0 amide bonds. The standard InChI is InChI=1S/C21H26BrN3O4S/c1-3-28-19(26)17(20(27)29-4-2)30-21-24-23-18(14-10-12-15(22)13-11-14)25(21)16-8-6-5-7-9-16/h10-13,16-17H,3-9H2,1-2H3. The average Bonchev–Trinajstić information content (AvgIpc) is 3.17. The minimum atomic E-state index is -1.13. The zero-order valence-electron chi connectivity index (χ0n) is 17.2. The molecule has 1 aliphatic carbocycles. The predicted octanol–water partition coefficient (Wildman–Crippen LogP) is 4.80. The maximum Gasteiger partial charge on any atom is 0.331 e. The SMILES string of the molecule is CCOC(=O)C(Sc1nnc(-c2ccc(Br)cc2)n1C1CCCCC1)C(=O)OCC. The number of aromatic nitrogens is 3. The number of rotatable bonds is 8. The smallest absolute Gasteiger partial charge is 0.331 e. The normalized spacial score (nSPS) is 14.7. The van der Waals surface area contributed by atoms with Gasteiger partial charge in [0.2, 0.25) is 5.25 Å². The molecule has 7 nitrogen and oxygen atoms in total. The van der Waals surface area contributed by atoms with E-state index in [9.17, 15) is 9.59 Å². The van der Waals surface area contributed by atoms with Gasteiger partial charge < -0.3 is 9.47 Å². The fourth-order valence-corrected chi connectivity index (χ4v) is 4.80. The van der Waals surface area contributed by atoms with Crippen LogP contribution >= 0.6 is 27.7 Å². The Bertz CT molecular complexity index is 848. The second kappa shape index (κ2) is 10.9. The van der Waals surface area contributed by atoms with Gasteiger partial charge in [0.15, 0.2) is 11.0 Å². The lowest BCUT2D eigenvalue weighted by atomic mass is 9.95. The topological polar surface area (TPSA) is 83.3 Å². The number of carbonyl (C=O) groups excluding carboxylic acids is 2. The Morgan fingerprint density at radius 3 is 2.23 bits per heavy atom. The third-order valence-electron chi connectivity index (χ3n) is 4.93. The Kier molecular flexibility index (Phi) is 8.32. The van der Waals surface area contributed by atoms with Gasteiger partial charge >= 0.3 is 11.9 Å². The first-order chi connectivity index (χ1) is 14.5. The summed E-state index contributed by atoms with van der Waals surface area (Å²) in [6, 6.07) is 8.11. The molecular formula is C21H26BrN3O4S. The Morgan fingerprint density at radius 2 is 1.67 bits per heavy atom. The molecule has 162 valence electrons. The summed E-state index contributed by atoms with van der Waals surface area (Å²) in [6.45, 7) is 3.80. The molecule has 1 fully saturated rings. The molecule has 0 N–H and O–H groups in total. The van der Waals surface area contributed by atoms with Crippen LogP contribution in [0.4, 0.5) is 0 Å². The number of hydrogen-bond donors (Lipinski definition) is 0. The van der Waals surface area contributed by atoms with Crippen molar-refractivity contribution in [1.82, 2.24) is 14.8 Å². The van der Waals surface area contributed by atoms with E-state index in [0.29, 0.717) is 5.16 Å². The van der Waals surface area contributed by atoms with Crippen LogP contribution in [0.2, 0.25) is 0 Å². The molecule has 0 saturated heterocycles. The lowest BCUT2D eigenvalue weighted by Crippen LogP contribution is -2.31. The van der Waals surface area contributed by atoms with E-state index in [1.807, 2.05) is 24.3 Å². The Morgan fingerprint density at radius 1 is 1.07 bits per heavy atom. The summed E-state index contributed by atoms with van der Waals surface area (Å²) in [5.41, 5.74) is 0.937. The van der Waals surface area contributed by atoms with Gasteiger partial charge in [0, 0.05) is 16.1 Å². The highest BCUT2D eigenvalue weighted by Crippen LogP contribution is 2.37. The number of nitrogens with zero attached hydrogens (tertiary/aromatic N) is 3. The minimum Gasteiger partial charge on any atom is -0.465 e. The van der Waals surface area contributed by atoms with E-state index in [1.165, 1.54) is 6.42 Å². The van der Waals surface area contributed by atoms with Crippen LogP contribution in [0.1, 0.15) is 52.0 Å². The number of esters is 2. The van der Waals surface area contributed by atoms with E-state index in [0.717, 1.165) is 53.3 Å². The van der Waals surface area contributed by atoms with Gasteiger partial charge in [0.25, 0.3) is 0 Å². The van der Waals surface area contributed by atoms with Crippen LogP contribution in [0.15, 0.2) is 33.9 Å². The lowest BCUT2D eigenvalue weighted by molar-refractivity contribution is -0.152. The zero-order chi connectivity index (χ0) is 21.5. The number of carbonyl (C=O) groups is 2. The molecule has 1 aliphatic rings. The summed E-state index contributed by atoms with van der Waals surface area (Å²) in [4.78, 5) is 24.9. The van der Waals surface area contributed by atoms with E-state index in [4.69, 9.17) is 9.47 Å². The molecular weight excluding hydrogens is 470 g/mol. The van der Waals surface area contributed by atoms with Crippen molar-refractivity contribution in [2.75, 3.05) is 13.2 Å². The third-order valence-corrected chi connectivity index (χ3v) is 6.57. The lowest BCUT2D eigenvalue weighted by Gasteiger charge is -2.26. The first-order valence-corrected chi connectivity index (χ1v) is 11.9. The fraction of sp³-hybridized carbons (Fsp3) is 0.524. The van der Waals surface area contributed by atoms with Crippen LogP contribution in [0.3, 0.4) is 0 Å². The molecule has 1 aromatic carbocycles. The van der Waals surface area contributed by atoms with Gasteiger partial charge in [-0.1, -0.05) is 59.1 Å². The van der Waals surface area contributed by atoms with Crippen molar-refractivity contribution in [3.63, 3.8) is 0 Å². The number of ether oxygens (including phenoxy) is 2. The van der Waals surface area contributed by atoms with Crippen LogP contribution in [-0.4, -0.2) is 45.2 Å². The van der Waals surface area contributed by atoms with E-state index in [2.05, 4.69) is 30.7 Å². The predicted molar refractivity (Wildman–Crippen MR) is 118 cm³/mol. The van der Waals surface area contributed by atoms with Crippen molar-refractivity contribution < 1.29 is 19.1 Å². The monoisotopic (exact) mass is 495 g/mol. The molecule has 2 aromatic rings. The van der Waals surface area contributed by atoms with E-state index in [-0.39, 0.29) is 19.3 Å². The fourth-order valence-electron chi connectivity index (χ4n) is 3.56. The zero-order valence-corrected chi connectivity index (χ0v) is 19.6. The van der Waals surface area contributed by atoms with Gasteiger partial charge in [-0.05, 0) is 38.8 Å². The van der Waals surface area contributed by atoms with Gasteiger partial charge in [-0.15, -0.1) is 10.2 Å². The summed E-state index contributed by atoms with van der Waals surface area (Å²) in [5.74, 6) is -0.503. The van der Waals surface area contributed by atoms with Crippen molar-refractivity contribution in [1.29, 1.82) is 0 Å². The molecule has 30 heavy (non-hydrogen) atoms. The number of benzene rings is 1. The van der Waals surface area contributed by atoms with E-state index >= 15 is 0 Å². The maximum absolute atomic E-state index is 12.5. The number of thioether (sulfide) groups is 1.